The number of primary amides is 1. The van der Waals surface area contributed by atoms with Crippen molar-refractivity contribution in [3.05, 3.63) is 53.6 Å². The Morgan fingerprint density at radius 1 is 1.12 bits per heavy atom. The van der Waals surface area contributed by atoms with E-state index in [1.165, 1.54) is 18.2 Å². The smallest absolute Gasteiger partial charge is 0.442 e. The fourth-order valence-electron chi connectivity index (χ4n) is 3.08. The number of carbonyl (C=O) groups excluding carboxylic acids is 1. The molecule has 0 aromatic heterocycles. The topological polar surface area (TPSA) is 61.6 Å². The van der Waals surface area contributed by atoms with Crippen molar-refractivity contribution in [2.75, 3.05) is 0 Å². The lowest BCUT2D eigenvalue weighted by molar-refractivity contribution is -0.274. The Labute approximate surface area is 142 Å². The molecule has 0 fully saturated rings. The molecule has 0 bridgehead atoms. The molecule has 0 heterocycles. The largest absolute Gasteiger partial charge is 0.573 e. The number of rotatable bonds is 3. The van der Waals surface area contributed by atoms with Crippen LogP contribution in [0.15, 0.2) is 42.5 Å². The summed E-state index contributed by atoms with van der Waals surface area (Å²) < 4.78 is 46.2. The van der Waals surface area contributed by atoms with Gasteiger partial charge in [-0.1, -0.05) is 30.3 Å². The van der Waals surface area contributed by atoms with Crippen LogP contribution in [-0.4, -0.2) is 12.5 Å². The molecule has 7 heteroatoms. The normalized spacial score (nSPS) is 16.8. The number of aryl methyl sites for hydroxylation is 1. The Morgan fingerprint density at radius 2 is 1.88 bits per heavy atom. The maximum absolute atomic E-state index is 12.4. The molecule has 0 spiro atoms. The van der Waals surface area contributed by atoms with Crippen LogP contribution in [-0.2, 0) is 11.2 Å². The Balaban J connectivity index is 1.90. The molecule has 4 nitrogen and oxygen atoms in total. The quantitative estimate of drug-likeness (QED) is 0.870. The van der Waals surface area contributed by atoms with Crippen molar-refractivity contribution in [3.63, 3.8) is 0 Å². The second kappa shape index (κ2) is 6.66. The van der Waals surface area contributed by atoms with Crippen LogP contribution in [0, 0.1) is 0 Å². The molecule has 0 saturated heterocycles. The van der Waals surface area contributed by atoms with E-state index in [2.05, 4.69) is 4.74 Å². The predicted molar refractivity (Wildman–Crippen MR) is 84.9 cm³/mol. The summed E-state index contributed by atoms with van der Waals surface area (Å²) in [6, 6.07) is 11.3. The molecule has 1 atom stereocenters. The van der Waals surface area contributed by atoms with Crippen LogP contribution < -0.4 is 10.5 Å². The first-order valence-electron chi connectivity index (χ1n) is 7.77. The van der Waals surface area contributed by atoms with E-state index in [0.29, 0.717) is 12.0 Å². The molecular formula is C18H16F3NO3. The first-order chi connectivity index (χ1) is 11.8. The van der Waals surface area contributed by atoms with Gasteiger partial charge < -0.3 is 15.2 Å². The summed E-state index contributed by atoms with van der Waals surface area (Å²) >= 11 is 0. The molecule has 0 aliphatic heterocycles. The number of alkyl halides is 3. The Bertz CT molecular complexity index is 789. The van der Waals surface area contributed by atoms with E-state index in [4.69, 9.17) is 10.5 Å². The van der Waals surface area contributed by atoms with Crippen LogP contribution >= 0.6 is 0 Å². The predicted octanol–water partition coefficient (Wildman–Crippen LogP) is 4.72. The van der Waals surface area contributed by atoms with Gasteiger partial charge in [0.05, 0.1) is 0 Å². The molecule has 25 heavy (non-hydrogen) atoms. The van der Waals surface area contributed by atoms with Gasteiger partial charge in [0.2, 0.25) is 0 Å². The van der Waals surface area contributed by atoms with E-state index in [-0.39, 0.29) is 11.9 Å². The minimum atomic E-state index is -4.73. The van der Waals surface area contributed by atoms with E-state index >= 15 is 0 Å². The molecule has 2 aromatic carbocycles. The van der Waals surface area contributed by atoms with E-state index in [1.807, 2.05) is 12.1 Å². The number of fused-ring (bicyclic) bond motifs is 1. The van der Waals surface area contributed by atoms with Gasteiger partial charge in [-0.2, -0.15) is 0 Å². The molecule has 1 aliphatic carbocycles. The van der Waals surface area contributed by atoms with E-state index < -0.39 is 12.5 Å². The maximum Gasteiger partial charge on any atom is 0.573 e. The summed E-state index contributed by atoms with van der Waals surface area (Å²) in [6.45, 7) is 0. The van der Waals surface area contributed by atoms with Crippen molar-refractivity contribution in [2.45, 2.75) is 31.7 Å². The zero-order valence-corrected chi connectivity index (χ0v) is 13.2. The minimum absolute atomic E-state index is 0.266. The standard InChI is InChI=1S/C18H16F3NO3/c19-18(20,21)25-14-5-1-3-11(10-14)12-7-8-15-13(9-12)4-2-6-16(15)24-17(22)23/h1,3,5,7-10,16H,2,4,6H2,(H2,22,23). The molecule has 132 valence electrons. The molecule has 3 rings (SSSR count). The minimum Gasteiger partial charge on any atom is -0.442 e. The molecule has 0 saturated carbocycles. The summed E-state index contributed by atoms with van der Waals surface area (Å²) in [5, 5.41) is 0. The lowest BCUT2D eigenvalue weighted by Crippen LogP contribution is -2.20. The molecule has 2 aromatic rings. The van der Waals surface area contributed by atoms with Crippen molar-refractivity contribution >= 4 is 6.09 Å². The summed E-state index contributed by atoms with van der Waals surface area (Å²) in [7, 11) is 0. The van der Waals surface area contributed by atoms with Gasteiger partial charge in [0.1, 0.15) is 11.9 Å². The number of hydrogen-bond acceptors (Lipinski definition) is 3. The highest BCUT2D eigenvalue weighted by molar-refractivity contribution is 5.68. The molecule has 0 radical (unpaired) electrons. The number of halogens is 3. The molecule has 1 unspecified atom stereocenters. The van der Waals surface area contributed by atoms with Crippen molar-refractivity contribution in [2.24, 2.45) is 5.73 Å². The number of nitrogens with two attached hydrogens (primary N) is 1. The number of hydrogen-bond donors (Lipinski definition) is 1. The fourth-order valence-corrected chi connectivity index (χ4v) is 3.08. The van der Waals surface area contributed by atoms with E-state index in [0.717, 1.165) is 29.5 Å². The van der Waals surface area contributed by atoms with Gasteiger partial charge in [-0.15, -0.1) is 13.2 Å². The van der Waals surface area contributed by atoms with E-state index in [9.17, 15) is 18.0 Å². The third-order valence-electron chi connectivity index (χ3n) is 4.06. The van der Waals surface area contributed by atoms with Crippen LogP contribution in [0.1, 0.15) is 30.1 Å². The second-order valence-corrected chi connectivity index (χ2v) is 5.81. The Morgan fingerprint density at radius 3 is 2.60 bits per heavy atom. The van der Waals surface area contributed by atoms with Crippen LogP contribution in [0.4, 0.5) is 18.0 Å². The summed E-state index contributed by atoms with van der Waals surface area (Å²) in [5.41, 5.74) is 8.37. The fraction of sp³-hybridized carbons (Fsp3) is 0.278. The third kappa shape index (κ3) is 4.23. The average molecular weight is 351 g/mol. The Hall–Kier alpha value is -2.70. The van der Waals surface area contributed by atoms with Crippen molar-refractivity contribution in [1.82, 2.24) is 0 Å². The first-order valence-corrected chi connectivity index (χ1v) is 7.77. The highest BCUT2D eigenvalue weighted by Gasteiger charge is 2.31. The maximum atomic E-state index is 12.4. The van der Waals surface area contributed by atoms with Crippen molar-refractivity contribution in [3.8, 4) is 16.9 Å². The van der Waals surface area contributed by atoms with Gasteiger partial charge in [-0.3, -0.25) is 0 Å². The highest BCUT2D eigenvalue weighted by atomic mass is 19.4. The summed E-state index contributed by atoms with van der Waals surface area (Å²) in [5.74, 6) is -0.266. The second-order valence-electron chi connectivity index (χ2n) is 5.81. The van der Waals surface area contributed by atoms with Crippen LogP contribution in [0.2, 0.25) is 0 Å². The molecule has 2 N–H and O–H groups in total. The van der Waals surface area contributed by atoms with Gasteiger partial charge in [-0.05, 0) is 53.6 Å². The van der Waals surface area contributed by atoms with Crippen LogP contribution in [0.25, 0.3) is 11.1 Å². The first kappa shape index (κ1) is 17.1. The van der Waals surface area contributed by atoms with Crippen LogP contribution in [0.3, 0.4) is 0 Å². The molecule has 1 aliphatic rings. The van der Waals surface area contributed by atoms with E-state index in [1.54, 1.807) is 12.1 Å². The Kier molecular flexibility index (Phi) is 4.57. The average Bonchev–Trinajstić information content (AvgIpc) is 2.53. The SMILES string of the molecule is NC(=O)OC1CCCc2cc(-c3cccc(OC(F)(F)F)c3)ccc21. The van der Waals surface area contributed by atoms with Crippen molar-refractivity contribution < 1.29 is 27.4 Å². The lowest BCUT2D eigenvalue weighted by atomic mass is 9.87. The van der Waals surface area contributed by atoms with Gasteiger partial charge in [0.25, 0.3) is 0 Å². The van der Waals surface area contributed by atoms with Gasteiger partial charge >= 0.3 is 12.5 Å². The molecule has 1 amide bonds. The van der Waals surface area contributed by atoms with Gasteiger partial charge in [0.15, 0.2) is 0 Å². The van der Waals surface area contributed by atoms with Crippen LogP contribution in [0.5, 0.6) is 5.75 Å². The molecular weight excluding hydrogens is 335 g/mol. The number of benzene rings is 2. The highest BCUT2D eigenvalue weighted by Crippen LogP contribution is 2.36. The monoisotopic (exact) mass is 351 g/mol. The number of carbonyl (C=O) groups is 1. The third-order valence-corrected chi connectivity index (χ3v) is 4.06. The number of amides is 1. The van der Waals surface area contributed by atoms with Crippen molar-refractivity contribution in [1.29, 1.82) is 0 Å². The summed E-state index contributed by atoms with van der Waals surface area (Å²) in [6.07, 6.45) is -3.58. The zero-order valence-electron chi connectivity index (χ0n) is 13.2. The van der Waals surface area contributed by atoms with Gasteiger partial charge in [-0.25, -0.2) is 4.79 Å². The summed E-state index contributed by atoms with van der Waals surface area (Å²) in [4.78, 5) is 11.0. The lowest BCUT2D eigenvalue weighted by Gasteiger charge is -2.25. The zero-order chi connectivity index (χ0) is 18.0. The van der Waals surface area contributed by atoms with Gasteiger partial charge in [0, 0.05) is 0 Å². The number of ether oxygens (including phenoxy) is 2.